The molecule has 0 bridgehead atoms. The van der Waals surface area contributed by atoms with E-state index in [0.717, 1.165) is 12.4 Å². The highest BCUT2D eigenvalue weighted by Gasteiger charge is 2.03. The summed E-state index contributed by atoms with van der Waals surface area (Å²) < 4.78 is 18.0. The third-order valence-corrected chi connectivity index (χ3v) is 1.97. The van der Waals surface area contributed by atoms with Crippen molar-refractivity contribution in [2.24, 2.45) is 5.73 Å². The van der Waals surface area contributed by atoms with Crippen LogP contribution in [0, 0.1) is 5.95 Å². The molecule has 0 aliphatic rings. The fourth-order valence-electron chi connectivity index (χ4n) is 1.18. The number of nitrogens with two attached hydrogens (primary N) is 1. The first-order chi connectivity index (χ1) is 8.15. The molecular formula is C11H8FN3O2. The summed E-state index contributed by atoms with van der Waals surface area (Å²) in [6.07, 6.45) is 1.06. The molecule has 2 N–H and O–H groups in total. The number of hydrogen-bond acceptors (Lipinski definition) is 4. The van der Waals surface area contributed by atoms with Crippen LogP contribution in [-0.2, 0) is 0 Å². The molecule has 6 heteroatoms. The van der Waals surface area contributed by atoms with Crippen LogP contribution in [-0.4, -0.2) is 15.9 Å². The van der Waals surface area contributed by atoms with Crippen molar-refractivity contribution < 1.29 is 13.9 Å². The van der Waals surface area contributed by atoms with Crippen LogP contribution in [0.15, 0.2) is 36.7 Å². The Morgan fingerprint density at radius 3 is 2.53 bits per heavy atom. The van der Waals surface area contributed by atoms with E-state index in [9.17, 15) is 9.18 Å². The van der Waals surface area contributed by atoms with Gasteiger partial charge in [0.05, 0.1) is 6.07 Å². The highest BCUT2D eigenvalue weighted by molar-refractivity contribution is 5.92. The Morgan fingerprint density at radius 1 is 1.24 bits per heavy atom. The van der Waals surface area contributed by atoms with E-state index < -0.39 is 11.9 Å². The van der Waals surface area contributed by atoms with Gasteiger partial charge in [0.25, 0.3) is 0 Å². The Bertz CT molecular complexity index is 543. The van der Waals surface area contributed by atoms with Gasteiger partial charge in [0.1, 0.15) is 12.1 Å². The maximum atomic E-state index is 12.7. The summed E-state index contributed by atoms with van der Waals surface area (Å²) in [6, 6.07) is 7.16. The van der Waals surface area contributed by atoms with Gasteiger partial charge in [-0.05, 0) is 24.3 Å². The van der Waals surface area contributed by atoms with E-state index in [2.05, 4.69) is 9.97 Å². The van der Waals surface area contributed by atoms with Crippen LogP contribution in [0.25, 0.3) is 0 Å². The topological polar surface area (TPSA) is 78.1 Å². The molecule has 2 rings (SSSR count). The summed E-state index contributed by atoms with van der Waals surface area (Å²) in [5.41, 5.74) is 5.45. The van der Waals surface area contributed by atoms with Gasteiger partial charge in [-0.25, -0.2) is 9.97 Å². The molecule has 0 spiro atoms. The molecule has 0 aliphatic heterocycles. The lowest BCUT2D eigenvalue weighted by Crippen LogP contribution is -2.10. The highest BCUT2D eigenvalue weighted by atomic mass is 19.1. The van der Waals surface area contributed by atoms with Crippen molar-refractivity contribution in [1.29, 1.82) is 0 Å². The highest BCUT2D eigenvalue weighted by Crippen LogP contribution is 2.19. The minimum absolute atomic E-state index is 0.0873. The summed E-state index contributed by atoms with van der Waals surface area (Å²) >= 11 is 0. The van der Waals surface area contributed by atoms with E-state index in [0.29, 0.717) is 11.3 Å². The normalized spacial score (nSPS) is 9.94. The van der Waals surface area contributed by atoms with Gasteiger partial charge in [-0.2, -0.15) is 4.39 Å². The van der Waals surface area contributed by atoms with E-state index in [1.54, 1.807) is 12.1 Å². The minimum Gasteiger partial charge on any atom is -0.439 e. The molecule has 0 saturated heterocycles. The second kappa shape index (κ2) is 4.56. The van der Waals surface area contributed by atoms with Crippen LogP contribution < -0.4 is 10.5 Å². The van der Waals surface area contributed by atoms with Crippen molar-refractivity contribution >= 4 is 5.91 Å². The largest absolute Gasteiger partial charge is 0.439 e. The Hall–Kier alpha value is -2.50. The van der Waals surface area contributed by atoms with Gasteiger partial charge in [0.15, 0.2) is 0 Å². The lowest BCUT2D eigenvalue weighted by atomic mass is 10.2. The third kappa shape index (κ3) is 2.75. The maximum Gasteiger partial charge on any atom is 0.248 e. The van der Waals surface area contributed by atoms with Crippen LogP contribution in [0.2, 0.25) is 0 Å². The Labute approximate surface area is 96.1 Å². The van der Waals surface area contributed by atoms with Crippen molar-refractivity contribution in [2.45, 2.75) is 0 Å². The molecule has 0 atom stereocenters. The number of aromatic nitrogens is 2. The summed E-state index contributed by atoms with van der Waals surface area (Å²) in [6.45, 7) is 0. The van der Waals surface area contributed by atoms with E-state index in [-0.39, 0.29) is 5.88 Å². The monoisotopic (exact) mass is 233 g/mol. The van der Waals surface area contributed by atoms with Crippen molar-refractivity contribution in [2.75, 3.05) is 0 Å². The second-order valence-corrected chi connectivity index (χ2v) is 3.17. The smallest absolute Gasteiger partial charge is 0.248 e. The maximum absolute atomic E-state index is 12.7. The number of carbonyl (C=O) groups excluding carboxylic acids is 1. The summed E-state index contributed by atoms with van der Waals surface area (Å²) in [5, 5.41) is 0. The number of nitrogens with zero attached hydrogens (tertiary/aromatic N) is 2. The lowest BCUT2D eigenvalue weighted by Gasteiger charge is -2.04. The van der Waals surface area contributed by atoms with E-state index in [4.69, 9.17) is 10.5 Å². The molecule has 0 unspecified atom stereocenters. The van der Waals surface area contributed by atoms with Gasteiger partial charge in [-0.3, -0.25) is 4.79 Å². The van der Waals surface area contributed by atoms with Crippen LogP contribution in [0.1, 0.15) is 10.4 Å². The average Bonchev–Trinajstić information content (AvgIpc) is 2.29. The zero-order valence-electron chi connectivity index (χ0n) is 8.63. The van der Waals surface area contributed by atoms with Gasteiger partial charge >= 0.3 is 0 Å². The van der Waals surface area contributed by atoms with Crippen LogP contribution in [0.5, 0.6) is 11.6 Å². The number of primary amides is 1. The number of benzene rings is 1. The third-order valence-electron chi connectivity index (χ3n) is 1.97. The standard InChI is InChI=1S/C11H8FN3O2/c12-9-5-10(15-6-14-9)17-8-3-1-7(2-4-8)11(13)16/h1-6H,(H2,13,16). The van der Waals surface area contributed by atoms with Crippen molar-refractivity contribution in [3.05, 3.63) is 48.2 Å². The quantitative estimate of drug-likeness (QED) is 0.815. The molecule has 86 valence electrons. The van der Waals surface area contributed by atoms with Gasteiger partial charge in [-0.1, -0.05) is 0 Å². The minimum atomic E-state index is -0.677. The molecule has 1 aromatic heterocycles. The summed E-state index contributed by atoms with van der Waals surface area (Å²) in [7, 11) is 0. The van der Waals surface area contributed by atoms with Gasteiger partial charge < -0.3 is 10.5 Å². The predicted octanol–water partition coefficient (Wildman–Crippen LogP) is 1.51. The van der Waals surface area contributed by atoms with E-state index in [1.807, 2.05) is 0 Å². The Kier molecular flexibility index (Phi) is 2.95. The molecule has 0 fully saturated rings. The van der Waals surface area contributed by atoms with Crippen molar-refractivity contribution in [1.82, 2.24) is 9.97 Å². The Morgan fingerprint density at radius 2 is 1.94 bits per heavy atom. The van der Waals surface area contributed by atoms with Crippen molar-refractivity contribution in [3.8, 4) is 11.6 Å². The SMILES string of the molecule is NC(=O)c1ccc(Oc2cc(F)ncn2)cc1. The number of carbonyl (C=O) groups is 1. The summed E-state index contributed by atoms with van der Waals surface area (Å²) in [4.78, 5) is 17.9. The molecule has 1 aromatic carbocycles. The average molecular weight is 233 g/mol. The molecule has 5 nitrogen and oxygen atoms in total. The zero-order valence-corrected chi connectivity index (χ0v) is 8.63. The van der Waals surface area contributed by atoms with E-state index >= 15 is 0 Å². The van der Waals surface area contributed by atoms with Crippen LogP contribution in [0.4, 0.5) is 4.39 Å². The summed E-state index contributed by atoms with van der Waals surface area (Å²) in [5.74, 6) is -0.689. The predicted molar refractivity (Wildman–Crippen MR) is 57.0 cm³/mol. The molecule has 0 radical (unpaired) electrons. The molecular weight excluding hydrogens is 225 g/mol. The molecule has 0 saturated carbocycles. The van der Waals surface area contributed by atoms with Gasteiger partial charge in [-0.15, -0.1) is 0 Å². The fourth-order valence-corrected chi connectivity index (χ4v) is 1.18. The van der Waals surface area contributed by atoms with Gasteiger partial charge in [0, 0.05) is 5.56 Å². The number of ether oxygens (including phenoxy) is 1. The lowest BCUT2D eigenvalue weighted by molar-refractivity contribution is 0.100. The van der Waals surface area contributed by atoms with Crippen LogP contribution >= 0.6 is 0 Å². The number of rotatable bonds is 3. The first-order valence-corrected chi connectivity index (χ1v) is 4.70. The van der Waals surface area contributed by atoms with E-state index in [1.165, 1.54) is 12.1 Å². The zero-order chi connectivity index (χ0) is 12.3. The number of hydrogen-bond donors (Lipinski definition) is 1. The number of halogens is 1. The molecule has 0 aliphatic carbocycles. The van der Waals surface area contributed by atoms with Crippen LogP contribution in [0.3, 0.4) is 0 Å². The molecule has 1 amide bonds. The fraction of sp³-hybridized carbons (Fsp3) is 0. The second-order valence-electron chi connectivity index (χ2n) is 3.17. The molecule has 2 aromatic rings. The first-order valence-electron chi connectivity index (χ1n) is 4.70. The molecule has 17 heavy (non-hydrogen) atoms. The van der Waals surface area contributed by atoms with Gasteiger partial charge in [0.2, 0.25) is 17.7 Å². The Balaban J connectivity index is 2.16. The molecule has 1 heterocycles. The number of amides is 1. The first kappa shape index (κ1) is 11.0. The van der Waals surface area contributed by atoms with Crippen molar-refractivity contribution in [3.63, 3.8) is 0 Å².